The van der Waals surface area contributed by atoms with Crippen LogP contribution in [0.1, 0.15) is 16.1 Å². The minimum Gasteiger partial charge on any atom is -0.276 e. The Hall–Kier alpha value is -1.67. The SMILES string of the molecule is O=C(N/N=C/c1c(Cl)cccc1Cl)c1cc(-c2ccc(Br)s2)[nH]n1. The number of nitrogens with zero attached hydrogens (tertiary/aromatic N) is 2. The number of rotatable bonds is 4. The van der Waals surface area contributed by atoms with Gasteiger partial charge < -0.3 is 0 Å². The Kier molecular flexibility index (Phi) is 5.35. The zero-order valence-corrected chi connectivity index (χ0v) is 15.8. The van der Waals surface area contributed by atoms with Crippen LogP contribution >= 0.6 is 50.5 Å². The minimum atomic E-state index is -0.437. The molecule has 2 N–H and O–H groups in total. The first-order valence-corrected chi connectivity index (χ1v) is 8.99. The highest BCUT2D eigenvalue weighted by Gasteiger charge is 2.12. The van der Waals surface area contributed by atoms with Crippen molar-refractivity contribution in [1.82, 2.24) is 15.6 Å². The third kappa shape index (κ3) is 3.87. The number of carbonyl (C=O) groups excluding carboxylic acids is 1. The van der Waals surface area contributed by atoms with Crippen LogP contribution in [0.15, 0.2) is 45.3 Å². The molecule has 0 fully saturated rings. The van der Waals surface area contributed by atoms with Gasteiger partial charge in [0, 0.05) is 5.56 Å². The molecule has 1 amide bonds. The van der Waals surface area contributed by atoms with Crippen molar-refractivity contribution in [2.24, 2.45) is 5.10 Å². The van der Waals surface area contributed by atoms with E-state index in [-0.39, 0.29) is 5.69 Å². The van der Waals surface area contributed by atoms with E-state index >= 15 is 0 Å². The van der Waals surface area contributed by atoms with Crippen molar-refractivity contribution in [2.75, 3.05) is 0 Å². The van der Waals surface area contributed by atoms with Crippen LogP contribution in [0.5, 0.6) is 0 Å². The quantitative estimate of drug-likeness (QED) is 0.441. The molecule has 0 unspecified atom stereocenters. The largest absolute Gasteiger partial charge is 0.291 e. The van der Waals surface area contributed by atoms with Gasteiger partial charge in [0.2, 0.25) is 0 Å². The average molecular weight is 444 g/mol. The lowest BCUT2D eigenvalue weighted by molar-refractivity contribution is 0.0950. The second-order valence-corrected chi connectivity index (χ2v) is 7.88. The van der Waals surface area contributed by atoms with Crippen LogP contribution in [-0.2, 0) is 0 Å². The van der Waals surface area contributed by atoms with Crippen molar-refractivity contribution < 1.29 is 4.79 Å². The summed E-state index contributed by atoms with van der Waals surface area (Å²) in [5.74, 6) is -0.437. The molecule has 0 bridgehead atoms. The van der Waals surface area contributed by atoms with Gasteiger partial charge in [-0.2, -0.15) is 10.2 Å². The summed E-state index contributed by atoms with van der Waals surface area (Å²) >= 11 is 17.0. The molecule has 2 aromatic heterocycles. The smallest absolute Gasteiger partial charge is 0.276 e. The summed E-state index contributed by atoms with van der Waals surface area (Å²) in [5, 5.41) is 11.6. The van der Waals surface area contributed by atoms with Gasteiger partial charge in [-0.05, 0) is 46.3 Å². The molecule has 24 heavy (non-hydrogen) atoms. The molecule has 3 aromatic rings. The van der Waals surface area contributed by atoms with E-state index in [0.29, 0.717) is 15.6 Å². The van der Waals surface area contributed by atoms with E-state index < -0.39 is 5.91 Å². The van der Waals surface area contributed by atoms with E-state index in [1.54, 1.807) is 24.3 Å². The second kappa shape index (κ2) is 7.48. The number of amides is 1. The van der Waals surface area contributed by atoms with Crippen molar-refractivity contribution in [3.63, 3.8) is 0 Å². The highest BCUT2D eigenvalue weighted by Crippen LogP contribution is 2.30. The van der Waals surface area contributed by atoms with E-state index in [0.717, 1.165) is 14.4 Å². The third-order valence-corrected chi connectivity index (χ3v) is 5.32. The summed E-state index contributed by atoms with van der Waals surface area (Å²) in [6, 6.07) is 10.6. The Labute approximate surface area is 159 Å². The maximum Gasteiger partial charge on any atom is 0.291 e. The number of aromatic nitrogens is 2. The zero-order chi connectivity index (χ0) is 17.1. The Bertz CT molecular complexity index is 902. The lowest BCUT2D eigenvalue weighted by atomic mass is 10.2. The molecule has 0 aliphatic heterocycles. The topological polar surface area (TPSA) is 70.1 Å². The molecule has 0 saturated carbocycles. The van der Waals surface area contributed by atoms with Crippen molar-refractivity contribution >= 4 is 62.6 Å². The van der Waals surface area contributed by atoms with E-state index in [2.05, 4.69) is 36.7 Å². The number of nitrogens with one attached hydrogen (secondary N) is 2. The van der Waals surface area contributed by atoms with Crippen LogP contribution in [-0.4, -0.2) is 22.3 Å². The van der Waals surface area contributed by atoms with Crippen molar-refractivity contribution in [3.05, 3.63) is 61.5 Å². The van der Waals surface area contributed by atoms with Crippen LogP contribution in [0.2, 0.25) is 10.0 Å². The summed E-state index contributed by atoms with van der Waals surface area (Å²) in [5.41, 5.74) is 3.92. The predicted octanol–water partition coefficient (Wildman–Crippen LogP) is 4.97. The summed E-state index contributed by atoms with van der Waals surface area (Å²) in [7, 11) is 0. The highest BCUT2D eigenvalue weighted by molar-refractivity contribution is 9.11. The lowest BCUT2D eigenvalue weighted by Gasteiger charge is -2.00. The van der Waals surface area contributed by atoms with Gasteiger partial charge in [-0.25, -0.2) is 5.43 Å². The number of hydrogen-bond acceptors (Lipinski definition) is 4. The number of hydrazone groups is 1. The molecule has 0 atom stereocenters. The van der Waals surface area contributed by atoms with Crippen molar-refractivity contribution in [2.45, 2.75) is 0 Å². The normalized spacial score (nSPS) is 11.1. The molecule has 122 valence electrons. The summed E-state index contributed by atoms with van der Waals surface area (Å²) in [6.07, 6.45) is 1.40. The molecule has 5 nitrogen and oxygen atoms in total. The van der Waals surface area contributed by atoms with Crippen LogP contribution in [0.25, 0.3) is 10.6 Å². The highest BCUT2D eigenvalue weighted by atomic mass is 79.9. The van der Waals surface area contributed by atoms with Crippen LogP contribution < -0.4 is 5.43 Å². The number of carbonyl (C=O) groups is 1. The van der Waals surface area contributed by atoms with Gasteiger partial charge in [0.15, 0.2) is 5.69 Å². The standard InChI is InChI=1S/C15H9BrCl2N4OS/c16-14-5-4-13(24-14)11-6-12(21-20-11)15(23)22-19-7-8-9(17)2-1-3-10(8)18/h1-7H,(H,20,21)(H,22,23)/b19-7+. The number of thiophene rings is 1. The van der Waals surface area contributed by atoms with E-state index in [1.165, 1.54) is 17.6 Å². The van der Waals surface area contributed by atoms with E-state index in [1.807, 2.05) is 12.1 Å². The Morgan fingerprint density at radius 1 is 1.29 bits per heavy atom. The minimum absolute atomic E-state index is 0.233. The summed E-state index contributed by atoms with van der Waals surface area (Å²) in [6.45, 7) is 0. The van der Waals surface area contributed by atoms with E-state index in [9.17, 15) is 4.79 Å². The van der Waals surface area contributed by atoms with Crippen LogP contribution in [0.3, 0.4) is 0 Å². The molecule has 2 heterocycles. The fourth-order valence-corrected chi connectivity index (χ4v) is 3.72. The summed E-state index contributed by atoms with van der Waals surface area (Å²) < 4.78 is 0.999. The van der Waals surface area contributed by atoms with Crippen molar-refractivity contribution in [1.29, 1.82) is 0 Å². The summed E-state index contributed by atoms with van der Waals surface area (Å²) in [4.78, 5) is 13.0. The maximum atomic E-state index is 12.1. The first-order chi connectivity index (χ1) is 11.5. The second-order valence-electron chi connectivity index (χ2n) is 4.61. The van der Waals surface area contributed by atoms with Crippen molar-refractivity contribution in [3.8, 4) is 10.6 Å². The molecule has 0 saturated heterocycles. The molecule has 0 spiro atoms. The fraction of sp³-hybridized carbons (Fsp3) is 0. The van der Waals surface area contributed by atoms with Gasteiger partial charge in [-0.3, -0.25) is 9.89 Å². The molecule has 1 aromatic carbocycles. The van der Waals surface area contributed by atoms with Gasteiger partial charge >= 0.3 is 0 Å². The average Bonchev–Trinajstić information content (AvgIpc) is 3.19. The first kappa shape index (κ1) is 17.2. The van der Waals surface area contributed by atoms with Gasteiger partial charge in [0.25, 0.3) is 5.91 Å². The molecular weight excluding hydrogens is 435 g/mol. The first-order valence-electron chi connectivity index (χ1n) is 6.63. The number of aromatic amines is 1. The molecule has 9 heteroatoms. The number of benzene rings is 1. The Balaban J connectivity index is 1.70. The molecular formula is C15H9BrCl2N4OS. The van der Waals surface area contributed by atoms with Crippen LogP contribution in [0, 0.1) is 0 Å². The van der Waals surface area contributed by atoms with Crippen LogP contribution in [0.4, 0.5) is 0 Å². The fourth-order valence-electron chi connectivity index (χ4n) is 1.87. The van der Waals surface area contributed by atoms with Gasteiger partial charge in [-0.1, -0.05) is 29.3 Å². The monoisotopic (exact) mass is 442 g/mol. The van der Waals surface area contributed by atoms with Gasteiger partial charge in [0.1, 0.15) is 0 Å². The molecule has 0 aliphatic carbocycles. The predicted molar refractivity (Wildman–Crippen MR) is 101 cm³/mol. The zero-order valence-electron chi connectivity index (χ0n) is 11.9. The number of H-pyrrole nitrogens is 1. The third-order valence-electron chi connectivity index (χ3n) is 3.01. The molecule has 0 radical (unpaired) electrons. The van der Waals surface area contributed by atoms with Gasteiger partial charge in [0.05, 0.1) is 30.6 Å². The van der Waals surface area contributed by atoms with E-state index in [4.69, 9.17) is 23.2 Å². The number of hydrogen-bond donors (Lipinski definition) is 2. The Morgan fingerprint density at radius 3 is 2.71 bits per heavy atom. The van der Waals surface area contributed by atoms with Gasteiger partial charge in [-0.15, -0.1) is 11.3 Å². The maximum absolute atomic E-state index is 12.1. The molecule has 0 aliphatic rings. The Morgan fingerprint density at radius 2 is 2.04 bits per heavy atom. The molecule has 3 rings (SSSR count). The lowest BCUT2D eigenvalue weighted by Crippen LogP contribution is -2.18. The number of halogens is 3.